The predicted molar refractivity (Wildman–Crippen MR) is 116 cm³/mol. The molecule has 1 aliphatic rings. The van der Waals surface area contributed by atoms with Gasteiger partial charge in [0.15, 0.2) is 0 Å². The Labute approximate surface area is 172 Å². The first kappa shape index (κ1) is 20.0. The van der Waals surface area contributed by atoms with Gasteiger partial charge in [0.1, 0.15) is 17.1 Å². The molecule has 29 heavy (non-hydrogen) atoms. The molecule has 0 aliphatic heterocycles. The van der Waals surface area contributed by atoms with Crippen LogP contribution in [0.1, 0.15) is 31.2 Å². The topological polar surface area (TPSA) is 47.8 Å². The van der Waals surface area contributed by atoms with Gasteiger partial charge in [-0.3, -0.25) is 4.79 Å². The van der Waals surface area contributed by atoms with E-state index in [1.54, 1.807) is 0 Å². The number of nitrogens with zero attached hydrogens (tertiary/aromatic N) is 3. The highest BCUT2D eigenvalue weighted by Crippen LogP contribution is 2.47. The lowest BCUT2D eigenvalue weighted by Gasteiger charge is -2.46. The van der Waals surface area contributed by atoms with Gasteiger partial charge in [-0.1, -0.05) is 49.1 Å². The van der Waals surface area contributed by atoms with Crippen molar-refractivity contribution in [1.29, 1.82) is 0 Å². The highest BCUT2D eigenvalue weighted by Gasteiger charge is 2.48. The summed E-state index contributed by atoms with van der Waals surface area (Å²) in [6, 6.07) is 15.7. The van der Waals surface area contributed by atoms with Gasteiger partial charge in [-0.25, -0.2) is 9.07 Å². The summed E-state index contributed by atoms with van der Waals surface area (Å²) in [6.45, 7) is 7.03. The SMILES string of the molecule is C[Si](C)(C)CC(c1ccc(F)cc1)(C1CCCC(=O)C1)n1nnc2ccccc21. The molecule has 1 aliphatic carbocycles. The smallest absolute Gasteiger partial charge is 0.133 e. The minimum Gasteiger partial charge on any atom is -0.300 e. The van der Waals surface area contributed by atoms with Crippen LogP contribution in [0.5, 0.6) is 0 Å². The molecule has 0 bridgehead atoms. The van der Waals surface area contributed by atoms with E-state index in [0.717, 1.165) is 35.5 Å². The van der Waals surface area contributed by atoms with Gasteiger partial charge in [-0.05, 0) is 54.6 Å². The summed E-state index contributed by atoms with van der Waals surface area (Å²) in [5, 5.41) is 9.08. The van der Waals surface area contributed by atoms with Crippen molar-refractivity contribution in [2.45, 2.75) is 56.9 Å². The second-order valence-corrected chi connectivity index (χ2v) is 15.0. The molecule has 0 amide bonds. The van der Waals surface area contributed by atoms with E-state index >= 15 is 0 Å². The summed E-state index contributed by atoms with van der Waals surface area (Å²) < 4.78 is 15.9. The van der Waals surface area contributed by atoms with E-state index in [9.17, 15) is 9.18 Å². The number of para-hydroxylation sites is 1. The Balaban J connectivity index is 2.01. The number of Topliss-reactive ketones (excluding diaryl/α,β-unsaturated/α-hetero) is 1. The van der Waals surface area contributed by atoms with Crippen LogP contribution < -0.4 is 0 Å². The molecule has 0 N–H and O–H groups in total. The van der Waals surface area contributed by atoms with Crippen molar-refractivity contribution in [3.05, 3.63) is 59.9 Å². The molecule has 6 heteroatoms. The van der Waals surface area contributed by atoms with Crippen LogP contribution in [0.2, 0.25) is 25.7 Å². The average Bonchev–Trinajstić information content (AvgIpc) is 3.11. The Morgan fingerprint density at radius 1 is 1.14 bits per heavy atom. The van der Waals surface area contributed by atoms with Crippen LogP contribution in [0, 0.1) is 11.7 Å². The Morgan fingerprint density at radius 3 is 2.55 bits per heavy atom. The molecule has 0 radical (unpaired) electrons. The van der Waals surface area contributed by atoms with E-state index in [1.807, 2.05) is 36.4 Å². The fourth-order valence-corrected chi connectivity index (χ4v) is 7.25. The molecule has 1 fully saturated rings. The molecule has 2 aromatic carbocycles. The van der Waals surface area contributed by atoms with Crippen LogP contribution in [-0.4, -0.2) is 28.9 Å². The number of fused-ring (bicyclic) bond motifs is 1. The van der Waals surface area contributed by atoms with E-state index in [-0.39, 0.29) is 11.7 Å². The quantitative estimate of drug-likeness (QED) is 0.529. The van der Waals surface area contributed by atoms with Crippen molar-refractivity contribution in [2.24, 2.45) is 5.92 Å². The molecule has 4 rings (SSSR count). The number of ketones is 1. The molecular formula is C23H28FN3OSi. The highest BCUT2D eigenvalue weighted by molar-refractivity contribution is 6.76. The zero-order valence-electron chi connectivity index (χ0n) is 17.4. The van der Waals surface area contributed by atoms with Gasteiger partial charge in [0, 0.05) is 20.9 Å². The standard InChI is InChI=1S/C23H28FN3OSi/c1-29(2,3)16-23(17-11-13-19(24)14-12-17,18-7-6-8-20(28)15-18)27-22-10-5-4-9-21(22)25-26-27/h4-5,9-14,18H,6-8,15-16H2,1-3H3. The monoisotopic (exact) mass is 409 g/mol. The van der Waals surface area contributed by atoms with E-state index < -0.39 is 13.6 Å². The Bertz CT molecular complexity index is 1020. The summed E-state index contributed by atoms with van der Waals surface area (Å²) in [4.78, 5) is 12.5. The highest BCUT2D eigenvalue weighted by atomic mass is 28.3. The first-order valence-electron chi connectivity index (χ1n) is 10.4. The second-order valence-electron chi connectivity index (χ2n) is 9.49. The Kier molecular flexibility index (Phi) is 5.15. The molecule has 152 valence electrons. The minimum absolute atomic E-state index is 0.117. The van der Waals surface area contributed by atoms with E-state index in [4.69, 9.17) is 0 Å². The van der Waals surface area contributed by atoms with Crippen molar-refractivity contribution >= 4 is 24.9 Å². The minimum atomic E-state index is -1.63. The molecule has 1 saturated carbocycles. The predicted octanol–water partition coefficient (Wildman–Crippen LogP) is 5.41. The van der Waals surface area contributed by atoms with Crippen LogP contribution in [0.25, 0.3) is 11.0 Å². The van der Waals surface area contributed by atoms with Gasteiger partial charge >= 0.3 is 0 Å². The number of carbonyl (C=O) groups excluding carboxylic acids is 1. The molecule has 4 nitrogen and oxygen atoms in total. The van der Waals surface area contributed by atoms with E-state index in [1.165, 1.54) is 12.1 Å². The van der Waals surface area contributed by atoms with Crippen molar-refractivity contribution in [1.82, 2.24) is 15.0 Å². The molecular weight excluding hydrogens is 381 g/mol. The van der Waals surface area contributed by atoms with Crippen LogP contribution in [0.3, 0.4) is 0 Å². The van der Waals surface area contributed by atoms with Gasteiger partial charge in [-0.2, -0.15) is 0 Å². The maximum absolute atomic E-state index is 13.8. The van der Waals surface area contributed by atoms with Crippen LogP contribution >= 0.6 is 0 Å². The lowest BCUT2D eigenvalue weighted by atomic mass is 9.71. The fourth-order valence-electron chi connectivity index (χ4n) is 5.00. The third kappa shape index (κ3) is 3.78. The number of hydrogen-bond acceptors (Lipinski definition) is 3. The Hall–Kier alpha value is -2.34. The normalized spacial score (nSPS) is 20.0. The van der Waals surface area contributed by atoms with Gasteiger partial charge in [0.05, 0.1) is 11.1 Å². The van der Waals surface area contributed by atoms with Crippen LogP contribution in [0.4, 0.5) is 4.39 Å². The van der Waals surface area contributed by atoms with E-state index in [0.29, 0.717) is 18.6 Å². The van der Waals surface area contributed by atoms with Crippen molar-refractivity contribution in [3.8, 4) is 0 Å². The summed E-state index contributed by atoms with van der Waals surface area (Å²) >= 11 is 0. The molecule has 1 heterocycles. The molecule has 2 atom stereocenters. The molecule has 2 unspecified atom stereocenters. The first-order valence-corrected chi connectivity index (χ1v) is 14.1. The number of hydrogen-bond donors (Lipinski definition) is 0. The van der Waals surface area contributed by atoms with Gasteiger partial charge in [0.25, 0.3) is 0 Å². The number of halogens is 1. The third-order valence-corrected chi connectivity index (χ3v) is 7.63. The van der Waals surface area contributed by atoms with Crippen molar-refractivity contribution in [3.63, 3.8) is 0 Å². The molecule has 0 saturated heterocycles. The summed E-state index contributed by atoms with van der Waals surface area (Å²) in [5.41, 5.74) is 2.33. The van der Waals surface area contributed by atoms with Crippen molar-refractivity contribution in [2.75, 3.05) is 0 Å². The van der Waals surface area contributed by atoms with Crippen LogP contribution in [-0.2, 0) is 10.3 Å². The fraction of sp³-hybridized carbons (Fsp3) is 0.435. The van der Waals surface area contributed by atoms with E-state index in [2.05, 4.69) is 34.6 Å². The zero-order chi connectivity index (χ0) is 20.6. The summed E-state index contributed by atoms with van der Waals surface area (Å²) in [5.74, 6) is 0.178. The lowest BCUT2D eigenvalue weighted by molar-refractivity contribution is -0.122. The number of benzene rings is 2. The average molecular weight is 410 g/mol. The number of carbonyl (C=O) groups is 1. The maximum atomic E-state index is 13.8. The van der Waals surface area contributed by atoms with Crippen LogP contribution in [0.15, 0.2) is 48.5 Å². The maximum Gasteiger partial charge on any atom is 0.133 e. The Morgan fingerprint density at radius 2 is 1.86 bits per heavy atom. The number of rotatable bonds is 5. The second kappa shape index (κ2) is 7.48. The first-order chi connectivity index (χ1) is 13.8. The van der Waals surface area contributed by atoms with Gasteiger partial charge in [-0.15, -0.1) is 5.10 Å². The largest absolute Gasteiger partial charge is 0.300 e. The molecule has 0 spiro atoms. The zero-order valence-corrected chi connectivity index (χ0v) is 18.4. The summed E-state index contributed by atoms with van der Waals surface area (Å²) in [7, 11) is -1.63. The van der Waals surface area contributed by atoms with Gasteiger partial charge in [0.2, 0.25) is 0 Å². The molecule has 3 aromatic rings. The lowest BCUT2D eigenvalue weighted by Crippen LogP contribution is -2.49. The summed E-state index contributed by atoms with van der Waals surface area (Å²) in [6.07, 6.45) is 3.05. The van der Waals surface area contributed by atoms with Gasteiger partial charge < -0.3 is 0 Å². The third-order valence-electron chi connectivity index (χ3n) is 6.03. The number of aromatic nitrogens is 3. The molecule has 1 aromatic heterocycles. The van der Waals surface area contributed by atoms with Crippen molar-refractivity contribution < 1.29 is 9.18 Å².